The fourth-order valence-corrected chi connectivity index (χ4v) is 2.52. The van der Waals surface area contributed by atoms with E-state index in [1.165, 1.54) is 4.88 Å². The van der Waals surface area contributed by atoms with E-state index in [1.807, 2.05) is 30.5 Å². The number of methoxy groups -OCH3 is 2. The lowest BCUT2D eigenvalue weighted by atomic mass is 10.3. The van der Waals surface area contributed by atoms with Crippen molar-refractivity contribution in [2.45, 2.75) is 13.2 Å². The zero-order chi connectivity index (χ0) is 14.9. The quantitative estimate of drug-likeness (QED) is 0.721. The van der Waals surface area contributed by atoms with Crippen molar-refractivity contribution in [2.75, 3.05) is 27.4 Å². The highest BCUT2D eigenvalue weighted by molar-refractivity contribution is 7.11. The summed E-state index contributed by atoms with van der Waals surface area (Å²) in [7, 11) is 3.34. The summed E-state index contributed by atoms with van der Waals surface area (Å²) in [5, 5.41) is 4.25. The van der Waals surface area contributed by atoms with Crippen LogP contribution in [0.5, 0.6) is 11.5 Å². The minimum Gasteiger partial charge on any atom is -0.497 e. The highest BCUT2D eigenvalue weighted by Gasteiger charge is 2.03. The second-order valence-corrected chi connectivity index (χ2v) is 5.56. The van der Waals surface area contributed by atoms with Crippen LogP contribution in [0.4, 0.5) is 0 Å². The number of hydrogen-bond donors (Lipinski definition) is 1. The van der Waals surface area contributed by atoms with Gasteiger partial charge in [-0.1, -0.05) is 6.07 Å². The Labute approximate surface area is 128 Å². The van der Waals surface area contributed by atoms with Gasteiger partial charge in [0.05, 0.1) is 13.7 Å². The molecule has 2 rings (SSSR count). The lowest BCUT2D eigenvalue weighted by Crippen LogP contribution is -2.17. The summed E-state index contributed by atoms with van der Waals surface area (Å²) < 4.78 is 15.9. The molecule has 0 atom stereocenters. The van der Waals surface area contributed by atoms with Crippen LogP contribution in [0.2, 0.25) is 0 Å². The fraction of sp³-hybridized carbons (Fsp3) is 0.400. The van der Waals surface area contributed by atoms with E-state index in [2.05, 4.69) is 10.3 Å². The number of ether oxygens (including phenoxy) is 3. The second-order valence-electron chi connectivity index (χ2n) is 4.36. The van der Waals surface area contributed by atoms with Gasteiger partial charge in [-0.15, -0.1) is 11.3 Å². The molecule has 0 aliphatic heterocycles. The van der Waals surface area contributed by atoms with Gasteiger partial charge in [0, 0.05) is 37.3 Å². The molecule has 21 heavy (non-hydrogen) atoms. The fourth-order valence-electron chi connectivity index (χ4n) is 1.72. The van der Waals surface area contributed by atoms with Gasteiger partial charge in [0.2, 0.25) is 0 Å². The molecular weight excluding hydrogens is 288 g/mol. The Morgan fingerprint density at radius 1 is 1.24 bits per heavy atom. The summed E-state index contributed by atoms with van der Waals surface area (Å²) in [5.74, 6) is 1.57. The maximum atomic E-state index is 5.72. The Balaban J connectivity index is 1.79. The molecule has 0 fully saturated rings. The molecule has 1 aromatic heterocycles. The first-order chi connectivity index (χ1) is 10.3. The monoisotopic (exact) mass is 308 g/mol. The van der Waals surface area contributed by atoms with Crippen LogP contribution >= 0.6 is 11.3 Å². The van der Waals surface area contributed by atoms with Crippen molar-refractivity contribution in [3.05, 3.63) is 40.3 Å². The van der Waals surface area contributed by atoms with Gasteiger partial charge in [-0.3, -0.25) is 0 Å². The van der Waals surface area contributed by atoms with Gasteiger partial charge < -0.3 is 19.5 Å². The first-order valence-corrected chi connectivity index (χ1v) is 7.53. The summed E-state index contributed by atoms with van der Waals surface area (Å²) in [5.41, 5.74) is 0. The number of rotatable bonds is 9. The summed E-state index contributed by atoms with van der Waals surface area (Å²) in [6.45, 7) is 2.82. The highest BCUT2D eigenvalue weighted by Crippen LogP contribution is 2.21. The van der Waals surface area contributed by atoms with Gasteiger partial charge in [0.25, 0.3) is 0 Å². The van der Waals surface area contributed by atoms with Crippen LogP contribution in [0, 0.1) is 0 Å². The predicted molar refractivity (Wildman–Crippen MR) is 83.0 cm³/mol. The van der Waals surface area contributed by atoms with Crippen LogP contribution < -0.4 is 14.8 Å². The molecule has 0 radical (unpaired) electrons. The lowest BCUT2D eigenvalue weighted by molar-refractivity contribution is 0.199. The first-order valence-electron chi connectivity index (χ1n) is 6.72. The summed E-state index contributed by atoms with van der Waals surface area (Å²) in [4.78, 5) is 5.55. The molecule has 1 heterocycles. The minimum atomic E-state index is 0.468. The van der Waals surface area contributed by atoms with Crippen molar-refractivity contribution in [1.29, 1.82) is 0 Å². The van der Waals surface area contributed by atoms with Crippen LogP contribution in [0.3, 0.4) is 0 Å². The van der Waals surface area contributed by atoms with Crippen LogP contribution in [0.25, 0.3) is 0 Å². The molecule has 0 bridgehead atoms. The van der Waals surface area contributed by atoms with Crippen LogP contribution in [0.15, 0.2) is 30.5 Å². The zero-order valence-electron chi connectivity index (χ0n) is 12.3. The molecule has 0 amide bonds. The number of aromatic nitrogens is 1. The molecule has 114 valence electrons. The summed E-state index contributed by atoms with van der Waals surface area (Å²) >= 11 is 1.65. The van der Waals surface area contributed by atoms with E-state index in [9.17, 15) is 0 Å². The Morgan fingerprint density at radius 2 is 2.10 bits per heavy atom. The Hall–Kier alpha value is -1.63. The Morgan fingerprint density at radius 3 is 2.90 bits per heavy atom. The molecule has 1 N–H and O–H groups in total. The van der Waals surface area contributed by atoms with E-state index in [0.717, 1.165) is 29.6 Å². The number of nitrogens with zero attached hydrogens (tertiary/aromatic N) is 1. The average molecular weight is 308 g/mol. The van der Waals surface area contributed by atoms with E-state index in [4.69, 9.17) is 14.2 Å². The van der Waals surface area contributed by atoms with Crippen molar-refractivity contribution in [3.63, 3.8) is 0 Å². The van der Waals surface area contributed by atoms with Crippen LogP contribution in [-0.2, 0) is 17.9 Å². The van der Waals surface area contributed by atoms with Gasteiger partial charge in [-0.2, -0.15) is 0 Å². The molecule has 0 saturated heterocycles. The van der Waals surface area contributed by atoms with Crippen molar-refractivity contribution in [3.8, 4) is 11.5 Å². The van der Waals surface area contributed by atoms with Gasteiger partial charge in [0.1, 0.15) is 23.1 Å². The molecule has 0 aliphatic carbocycles. The molecule has 6 heteroatoms. The van der Waals surface area contributed by atoms with Gasteiger partial charge in [-0.05, 0) is 12.1 Å². The van der Waals surface area contributed by atoms with Crippen LogP contribution in [0.1, 0.15) is 9.88 Å². The van der Waals surface area contributed by atoms with Gasteiger partial charge in [0.15, 0.2) is 0 Å². The van der Waals surface area contributed by atoms with Crippen LogP contribution in [-0.4, -0.2) is 32.4 Å². The largest absolute Gasteiger partial charge is 0.497 e. The number of benzene rings is 1. The lowest BCUT2D eigenvalue weighted by Gasteiger charge is -2.05. The highest BCUT2D eigenvalue weighted by atomic mass is 32.1. The maximum Gasteiger partial charge on any atom is 0.140 e. The average Bonchev–Trinajstić information content (AvgIpc) is 2.98. The molecule has 0 saturated carbocycles. The molecule has 1 aromatic carbocycles. The third-order valence-electron chi connectivity index (χ3n) is 2.79. The van der Waals surface area contributed by atoms with E-state index >= 15 is 0 Å². The maximum absolute atomic E-state index is 5.72. The van der Waals surface area contributed by atoms with E-state index < -0.39 is 0 Å². The van der Waals surface area contributed by atoms with Crippen molar-refractivity contribution in [2.24, 2.45) is 0 Å². The van der Waals surface area contributed by atoms with E-state index in [1.54, 1.807) is 25.6 Å². The third-order valence-corrected chi connectivity index (χ3v) is 3.76. The topological polar surface area (TPSA) is 52.6 Å². The minimum absolute atomic E-state index is 0.468. The standard InChI is InChI=1S/C15H20N2O3S/c1-18-7-6-16-9-14-10-17-15(21-14)11-20-13-5-3-4-12(8-13)19-2/h3-5,8,10,16H,6-7,9,11H2,1-2H3. The number of nitrogens with one attached hydrogen (secondary N) is 1. The van der Waals surface area contributed by atoms with Crippen molar-refractivity contribution < 1.29 is 14.2 Å². The molecule has 2 aromatic rings. The Bertz CT molecular complexity index is 545. The smallest absolute Gasteiger partial charge is 0.140 e. The first kappa shape index (κ1) is 15.8. The van der Waals surface area contributed by atoms with Gasteiger partial charge in [-0.25, -0.2) is 4.98 Å². The number of hydrogen-bond acceptors (Lipinski definition) is 6. The van der Waals surface area contributed by atoms with Gasteiger partial charge >= 0.3 is 0 Å². The third kappa shape index (κ3) is 5.34. The van der Waals surface area contributed by atoms with E-state index in [0.29, 0.717) is 13.2 Å². The van der Waals surface area contributed by atoms with Crippen molar-refractivity contribution >= 4 is 11.3 Å². The Kier molecular flexibility index (Phi) is 6.46. The molecule has 0 spiro atoms. The molecule has 0 aliphatic rings. The molecular formula is C15H20N2O3S. The number of thiazole rings is 1. The normalized spacial score (nSPS) is 10.6. The molecule has 0 unspecified atom stereocenters. The predicted octanol–water partition coefficient (Wildman–Crippen LogP) is 2.47. The SMILES string of the molecule is COCCNCc1cnc(COc2cccc(OC)c2)s1. The zero-order valence-corrected chi connectivity index (χ0v) is 13.1. The summed E-state index contributed by atoms with van der Waals surface area (Å²) in [6, 6.07) is 7.56. The summed E-state index contributed by atoms with van der Waals surface area (Å²) in [6.07, 6.45) is 1.88. The second kappa shape index (κ2) is 8.61. The molecule has 5 nitrogen and oxygen atoms in total. The van der Waals surface area contributed by atoms with Crippen molar-refractivity contribution in [1.82, 2.24) is 10.3 Å². The van der Waals surface area contributed by atoms with E-state index in [-0.39, 0.29) is 0 Å².